The third-order valence-corrected chi connectivity index (χ3v) is 8.92. The first-order valence-electron chi connectivity index (χ1n) is 16.2. The SMILES string of the molecule is O=C(/C=C/c1ccccc1)c1ccccc1.O=C(c1ccccc1)C1C(C(=O)c2ccccc2)C(c2ccccc2)C1c1ccccc1. The third-order valence-electron chi connectivity index (χ3n) is 8.92. The molecule has 1 fully saturated rings. The first kappa shape index (κ1) is 32.0. The fraction of sp³-hybridized carbons (Fsp3) is 0.0889. The van der Waals surface area contributed by atoms with Gasteiger partial charge in [-0.1, -0.05) is 188 Å². The lowest BCUT2D eigenvalue weighted by molar-refractivity contribution is 0.0456. The molecule has 0 N–H and O–H groups in total. The summed E-state index contributed by atoms with van der Waals surface area (Å²) in [6.45, 7) is 0. The second-order valence-corrected chi connectivity index (χ2v) is 11.9. The smallest absolute Gasteiger partial charge is 0.185 e. The van der Waals surface area contributed by atoms with E-state index in [1.807, 2.05) is 164 Å². The number of hydrogen-bond donors (Lipinski definition) is 0. The van der Waals surface area contributed by atoms with Crippen molar-refractivity contribution in [1.82, 2.24) is 0 Å². The second-order valence-electron chi connectivity index (χ2n) is 11.9. The van der Waals surface area contributed by atoms with E-state index in [9.17, 15) is 14.4 Å². The van der Waals surface area contributed by atoms with Crippen molar-refractivity contribution in [3.8, 4) is 0 Å². The lowest BCUT2D eigenvalue weighted by Crippen LogP contribution is -2.51. The lowest BCUT2D eigenvalue weighted by atomic mass is 9.49. The number of benzene rings is 6. The zero-order chi connectivity index (χ0) is 33.1. The molecule has 3 nitrogen and oxygen atoms in total. The maximum absolute atomic E-state index is 13.8. The Bertz CT molecular complexity index is 1850. The van der Waals surface area contributed by atoms with Crippen molar-refractivity contribution in [2.24, 2.45) is 11.8 Å². The molecule has 4 unspecified atom stereocenters. The summed E-state index contributed by atoms with van der Waals surface area (Å²) >= 11 is 0. The zero-order valence-corrected chi connectivity index (χ0v) is 26.5. The van der Waals surface area contributed by atoms with E-state index in [4.69, 9.17) is 0 Å². The van der Waals surface area contributed by atoms with Crippen LogP contribution in [-0.4, -0.2) is 17.3 Å². The van der Waals surface area contributed by atoms with Gasteiger partial charge in [-0.2, -0.15) is 0 Å². The lowest BCUT2D eigenvalue weighted by Gasteiger charge is -2.51. The molecule has 0 radical (unpaired) electrons. The van der Waals surface area contributed by atoms with Gasteiger partial charge in [0, 0.05) is 40.4 Å². The van der Waals surface area contributed by atoms with Crippen LogP contribution in [-0.2, 0) is 0 Å². The molecule has 7 rings (SSSR count). The van der Waals surface area contributed by atoms with Crippen LogP contribution in [0.3, 0.4) is 0 Å². The van der Waals surface area contributed by atoms with Crippen LogP contribution in [0.15, 0.2) is 188 Å². The quantitative estimate of drug-likeness (QED) is 0.119. The first-order valence-corrected chi connectivity index (χ1v) is 16.2. The molecule has 0 aliphatic heterocycles. The van der Waals surface area contributed by atoms with Gasteiger partial charge in [-0.25, -0.2) is 0 Å². The van der Waals surface area contributed by atoms with Crippen LogP contribution in [0.5, 0.6) is 0 Å². The minimum absolute atomic E-state index is 0.0319. The summed E-state index contributed by atoms with van der Waals surface area (Å²) in [4.78, 5) is 39.3. The molecule has 0 saturated heterocycles. The number of hydrogen-bond acceptors (Lipinski definition) is 3. The van der Waals surface area contributed by atoms with Crippen LogP contribution in [0.2, 0.25) is 0 Å². The maximum Gasteiger partial charge on any atom is 0.185 e. The van der Waals surface area contributed by atoms with Crippen LogP contribution in [0.4, 0.5) is 0 Å². The molecule has 6 aromatic carbocycles. The molecule has 6 aromatic rings. The van der Waals surface area contributed by atoms with Gasteiger partial charge in [-0.15, -0.1) is 0 Å². The molecular formula is C45H36O3. The van der Waals surface area contributed by atoms with Gasteiger partial charge in [0.25, 0.3) is 0 Å². The molecule has 0 aromatic heterocycles. The molecule has 1 saturated carbocycles. The van der Waals surface area contributed by atoms with E-state index >= 15 is 0 Å². The highest BCUT2D eigenvalue weighted by Gasteiger charge is 2.57. The van der Waals surface area contributed by atoms with Crippen LogP contribution < -0.4 is 0 Å². The van der Waals surface area contributed by atoms with Crippen molar-refractivity contribution in [3.05, 3.63) is 221 Å². The predicted octanol–water partition coefficient (Wildman–Crippen LogP) is 10.1. The van der Waals surface area contributed by atoms with E-state index in [2.05, 4.69) is 24.3 Å². The fourth-order valence-corrected chi connectivity index (χ4v) is 6.60. The van der Waals surface area contributed by atoms with E-state index in [0.717, 1.165) is 22.3 Å². The number of rotatable bonds is 9. The van der Waals surface area contributed by atoms with Crippen LogP contribution in [0.25, 0.3) is 6.08 Å². The van der Waals surface area contributed by atoms with Gasteiger partial charge in [-0.05, 0) is 22.8 Å². The van der Waals surface area contributed by atoms with E-state index < -0.39 is 11.8 Å². The molecule has 0 spiro atoms. The summed E-state index contributed by atoms with van der Waals surface area (Å²) in [5.41, 5.74) is 5.29. The van der Waals surface area contributed by atoms with E-state index in [0.29, 0.717) is 11.1 Å². The largest absolute Gasteiger partial charge is 0.294 e. The highest BCUT2D eigenvalue weighted by molar-refractivity contribution is 6.08. The van der Waals surface area contributed by atoms with Crippen molar-refractivity contribution in [3.63, 3.8) is 0 Å². The molecule has 1 aliphatic rings. The summed E-state index contributed by atoms with van der Waals surface area (Å²) in [5.74, 6) is -0.797. The van der Waals surface area contributed by atoms with Crippen LogP contribution >= 0.6 is 0 Å². The first-order chi connectivity index (χ1) is 23.6. The highest BCUT2D eigenvalue weighted by atomic mass is 16.1. The molecule has 0 amide bonds. The predicted molar refractivity (Wildman–Crippen MR) is 193 cm³/mol. The molecule has 3 heteroatoms. The fourth-order valence-electron chi connectivity index (χ4n) is 6.60. The second kappa shape index (κ2) is 15.6. The average molecular weight is 625 g/mol. The van der Waals surface area contributed by atoms with Gasteiger partial charge in [0.2, 0.25) is 0 Å². The van der Waals surface area contributed by atoms with E-state index in [1.54, 1.807) is 6.08 Å². The summed E-state index contributed by atoms with van der Waals surface area (Å²) in [6, 6.07) is 58.1. The van der Waals surface area contributed by atoms with Gasteiger partial charge in [0.05, 0.1) is 0 Å². The summed E-state index contributed by atoms with van der Waals surface area (Å²) in [7, 11) is 0. The summed E-state index contributed by atoms with van der Waals surface area (Å²) < 4.78 is 0. The number of Topliss-reactive ketones (excluding diaryl/α,β-unsaturated/α-hetero) is 2. The normalized spacial score (nSPS) is 18.2. The molecule has 1 aliphatic carbocycles. The van der Waals surface area contributed by atoms with Gasteiger partial charge in [-0.3, -0.25) is 14.4 Å². The standard InChI is InChI=1S/C30H24O2.C15H12O/c31-29(23-17-9-3-10-18-23)27-25(21-13-5-1-6-14-21)26(22-15-7-2-8-16-22)28(27)30(32)24-19-11-4-12-20-24;16-15(14-9-5-2-6-10-14)12-11-13-7-3-1-4-8-13/h1-20,25-28H;1-12H/b;12-11+. The Labute approximate surface area is 282 Å². The molecule has 0 heterocycles. The van der Waals surface area contributed by atoms with Crippen LogP contribution in [0.1, 0.15) is 59.6 Å². The number of carbonyl (C=O) groups is 3. The molecule has 48 heavy (non-hydrogen) atoms. The zero-order valence-electron chi connectivity index (χ0n) is 26.5. The Morgan fingerprint density at radius 2 is 0.688 bits per heavy atom. The molecule has 4 atom stereocenters. The van der Waals surface area contributed by atoms with E-state index in [-0.39, 0.29) is 29.2 Å². The number of allylic oxidation sites excluding steroid dienone is 1. The Morgan fingerprint density at radius 1 is 0.375 bits per heavy atom. The highest BCUT2D eigenvalue weighted by Crippen LogP contribution is 2.59. The monoisotopic (exact) mass is 624 g/mol. The minimum Gasteiger partial charge on any atom is -0.294 e. The molecular weight excluding hydrogens is 588 g/mol. The van der Waals surface area contributed by atoms with Gasteiger partial charge < -0.3 is 0 Å². The third kappa shape index (κ3) is 7.37. The van der Waals surface area contributed by atoms with Crippen molar-refractivity contribution in [2.45, 2.75) is 11.8 Å². The van der Waals surface area contributed by atoms with Crippen molar-refractivity contribution in [2.75, 3.05) is 0 Å². The number of carbonyl (C=O) groups excluding carboxylic acids is 3. The van der Waals surface area contributed by atoms with Gasteiger partial charge in [0.1, 0.15) is 0 Å². The Hall–Kier alpha value is -5.93. The van der Waals surface area contributed by atoms with Crippen molar-refractivity contribution >= 4 is 23.4 Å². The Morgan fingerprint density at radius 3 is 1.06 bits per heavy atom. The van der Waals surface area contributed by atoms with E-state index in [1.165, 1.54) is 0 Å². The minimum atomic E-state index is -0.405. The summed E-state index contributed by atoms with van der Waals surface area (Å²) in [5, 5.41) is 0. The molecule has 0 bridgehead atoms. The maximum atomic E-state index is 13.8. The van der Waals surface area contributed by atoms with Crippen molar-refractivity contribution < 1.29 is 14.4 Å². The van der Waals surface area contributed by atoms with Crippen LogP contribution in [0, 0.1) is 11.8 Å². The Balaban J connectivity index is 0.000000211. The topological polar surface area (TPSA) is 51.2 Å². The van der Waals surface area contributed by atoms with Crippen molar-refractivity contribution in [1.29, 1.82) is 0 Å². The average Bonchev–Trinajstić information content (AvgIpc) is 3.16. The van der Waals surface area contributed by atoms with Gasteiger partial charge in [0.15, 0.2) is 17.3 Å². The molecule has 234 valence electrons. The number of ketones is 3. The summed E-state index contributed by atoms with van der Waals surface area (Å²) in [6.07, 6.45) is 3.43. The van der Waals surface area contributed by atoms with Gasteiger partial charge >= 0.3 is 0 Å². The Kier molecular flexibility index (Phi) is 10.4.